The molecular weight excluding hydrogens is 243 g/mol. The molecule has 19 heavy (non-hydrogen) atoms. The number of nitrogens with one attached hydrogen (secondary N) is 1. The van der Waals surface area contributed by atoms with Crippen LogP contribution in [0.3, 0.4) is 0 Å². The molecule has 0 unspecified atom stereocenters. The van der Waals surface area contributed by atoms with Crippen LogP contribution in [0.5, 0.6) is 0 Å². The van der Waals surface area contributed by atoms with Crippen molar-refractivity contribution in [2.75, 3.05) is 6.54 Å². The second-order valence-electron chi connectivity index (χ2n) is 5.37. The van der Waals surface area contributed by atoms with E-state index in [2.05, 4.69) is 5.32 Å². The van der Waals surface area contributed by atoms with Gasteiger partial charge in [0.15, 0.2) is 0 Å². The number of carbonyl (C=O) groups is 1. The first-order valence-corrected chi connectivity index (χ1v) is 6.89. The van der Waals surface area contributed by atoms with Crippen molar-refractivity contribution in [1.82, 2.24) is 5.32 Å². The third kappa shape index (κ3) is 3.77. The minimum atomic E-state index is -0.249. The molecule has 104 valence electrons. The summed E-state index contributed by atoms with van der Waals surface area (Å²) < 4.78 is 12.8. The van der Waals surface area contributed by atoms with Crippen LogP contribution < -0.4 is 11.1 Å². The molecular formula is C15H21FN2O. The standard InChI is InChI=1S/C15H21FN2O/c16-13-6-3-12(4-7-13)5-8-14(19)18-15(11-17)9-1-2-10-15/h3-4,6-7H,1-2,5,8-11,17H2,(H,18,19). The Morgan fingerprint density at radius 1 is 1.26 bits per heavy atom. The van der Waals surface area contributed by atoms with E-state index in [4.69, 9.17) is 5.73 Å². The average Bonchev–Trinajstić information content (AvgIpc) is 2.87. The van der Waals surface area contributed by atoms with E-state index in [0.717, 1.165) is 31.2 Å². The largest absolute Gasteiger partial charge is 0.349 e. The Kier molecular flexibility index (Phi) is 4.53. The SMILES string of the molecule is NCC1(NC(=O)CCc2ccc(F)cc2)CCCC1. The van der Waals surface area contributed by atoms with Gasteiger partial charge in [-0.05, 0) is 37.0 Å². The number of nitrogens with two attached hydrogens (primary N) is 1. The molecule has 1 fully saturated rings. The Hall–Kier alpha value is -1.42. The van der Waals surface area contributed by atoms with Crippen LogP contribution in [0, 0.1) is 5.82 Å². The van der Waals surface area contributed by atoms with Gasteiger partial charge in [-0.25, -0.2) is 4.39 Å². The Labute approximate surface area is 113 Å². The van der Waals surface area contributed by atoms with Gasteiger partial charge in [-0.15, -0.1) is 0 Å². The van der Waals surface area contributed by atoms with Crippen LogP contribution >= 0.6 is 0 Å². The quantitative estimate of drug-likeness (QED) is 0.856. The highest BCUT2D eigenvalue weighted by molar-refractivity contribution is 5.77. The zero-order valence-corrected chi connectivity index (χ0v) is 11.1. The average molecular weight is 264 g/mol. The van der Waals surface area contributed by atoms with Crippen LogP contribution in [0.25, 0.3) is 0 Å². The van der Waals surface area contributed by atoms with Crippen molar-refractivity contribution in [2.45, 2.75) is 44.1 Å². The molecule has 0 aliphatic heterocycles. The van der Waals surface area contributed by atoms with Crippen molar-refractivity contribution in [3.63, 3.8) is 0 Å². The van der Waals surface area contributed by atoms with Crippen molar-refractivity contribution < 1.29 is 9.18 Å². The smallest absolute Gasteiger partial charge is 0.220 e. The van der Waals surface area contributed by atoms with Gasteiger partial charge in [-0.1, -0.05) is 25.0 Å². The van der Waals surface area contributed by atoms with Crippen LogP contribution in [0.4, 0.5) is 4.39 Å². The minimum absolute atomic E-state index is 0.0386. The van der Waals surface area contributed by atoms with E-state index in [1.54, 1.807) is 12.1 Å². The monoisotopic (exact) mass is 264 g/mol. The molecule has 3 nitrogen and oxygen atoms in total. The molecule has 0 heterocycles. The van der Waals surface area contributed by atoms with Crippen molar-refractivity contribution in [2.24, 2.45) is 5.73 Å². The molecule has 0 spiro atoms. The van der Waals surface area contributed by atoms with Gasteiger partial charge in [-0.3, -0.25) is 4.79 Å². The van der Waals surface area contributed by atoms with Gasteiger partial charge in [0, 0.05) is 13.0 Å². The highest BCUT2D eigenvalue weighted by Gasteiger charge is 2.33. The minimum Gasteiger partial charge on any atom is -0.349 e. The summed E-state index contributed by atoms with van der Waals surface area (Å²) in [7, 11) is 0. The van der Waals surface area contributed by atoms with Crippen LogP contribution in [-0.4, -0.2) is 18.0 Å². The molecule has 0 bridgehead atoms. The molecule has 2 rings (SSSR count). The van der Waals surface area contributed by atoms with E-state index in [1.807, 2.05) is 0 Å². The number of aryl methyl sites for hydroxylation is 1. The summed E-state index contributed by atoms with van der Waals surface area (Å²) in [5, 5.41) is 3.09. The molecule has 0 aromatic heterocycles. The molecule has 1 saturated carbocycles. The molecule has 1 aliphatic rings. The van der Waals surface area contributed by atoms with Crippen LogP contribution in [0.15, 0.2) is 24.3 Å². The predicted molar refractivity (Wildman–Crippen MR) is 73.1 cm³/mol. The van der Waals surface area contributed by atoms with Crippen LogP contribution in [0.1, 0.15) is 37.7 Å². The molecule has 0 atom stereocenters. The third-order valence-electron chi connectivity index (χ3n) is 3.91. The maximum Gasteiger partial charge on any atom is 0.220 e. The number of carbonyl (C=O) groups excluding carboxylic acids is 1. The van der Waals surface area contributed by atoms with E-state index < -0.39 is 0 Å². The van der Waals surface area contributed by atoms with Crippen molar-refractivity contribution >= 4 is 5.91 Å². The molecule has 1 aromatic rings. The van der Waals surface area contributed by atoms with Crippen molar-refractivity contribution in [1.29, 1.82) is 0 Å². The van der Waals surface area contributed by atoms with Gasteiger partial charge in [0.1, 0.15) is 5.82 Å². The lowest BCUT2D eigenvalue weighted by Crippen LogP contribution is -2.51. The molecule has 0 saturated heterocycles. The molecule has 3 N–H and O–H groups in total. The lowest BCUT2D eigenvalue weighted by Gasteiger charge is -2.28. The van der Waals surface area contributed by atoms with Gasteiger partial charge < -0.3 is 11.1 Å². The molecule has 1 aliphatic carbocycles. The molecule has 1 aromatic carbocycles. The van der Waals surface area contributed by atoms with Crippen LogP contribution in [0.2, 0.25) is 0 Å². The maximum atomic E-state index is 12.8. The normalized spacial score (nSPS) is 17.4. The Bertz CT molecular complexity index is 424. The lowest BCUT2D eigenvalue weighted by atomic mass is 9.97. The Morgan fingerprint density at radius 3 is 2.47 bits per heavy atom. The second-order valence-corrected chi connectivity index (χ2v) is 5.37. The second kappa shape index (κ2) is 6.15. The van der Waals surface area contributed by atoms with E-state index in [1.165, 1.54) is 12.1 Å². The first-order chi connectivity index (χ1) is 9.13. The van der Waals surface area contributed by atoms with Crippen molar-refractivity contribution in [3.8, 4) is 0 Å². The summed E-state index contributed by atoms with van der Waals surface area (Å²) in [6.45, 7) is 0.509. The summed E-state index contributed by atoms with van der Waals surface area (Å²) in [4.78, 5) is 12.0. The number of hydrogen-bond donors (Lipinski definition) is 2. The van der Waals surface area contributed by atoms with E-state index in [-0.39, 0.29) is 17.3 Å². The number of benzene rings is 1. The highest BCUT2D eigenvalue weighted by Crippen LogP contribution is 2.28. The summed E-state index contributed by atoms with van der Waals surface area (Å²) in [6.07, 6.45) is 5.28. The molecule has 0 radical (unpaired) electrons. The summed E-state index contributed by atoms with van der Waals surface area (Å²) in [6, 6.07) is 6.28. The number of amides is 1. The molecule has 4 heteroatoms. The maximum absolute atomic E-state index is 12.8. The van der Waals surface area contributed by atoms with Crippen LogP contribution in [-0.2, 0) is 11.2 Å². The number of halogens is 1. The number of rotatable bonds is 5. The van der Waals surface area contributed by atoms with Gasteiger partial charge in [-0.2, -0.15) is 0 Å². The fraction of sp³-hybridized carbons (Fsp3) is 0.533. The van der Waals surface area contributed by atoms with Crippen molar-refractivity contribution in [3.05, 3.63) is 35.6 Å². The fourth-order valence-corrected chi connectivity index (χ4v) is 2.70. The van der Waals surface area contributed by atoms with Gasteiger partial charge in [0.2, 0.25) is 5.91 Å². The van der Waals surface area contributed by atoms with Gasteiger partial charge in [0.05, 0.1) is 5.54 Å². The first kappa shape index (κ1) is 14.0. The third-order valence-corrected chi connectivity index (χ3v) is 3.91. The van der Waals surface area contributed by atoms with E-state index >= 15 is 0 Å². The number of hydrogen-bond acceptors (Lipinski definition) is 2. The Balaban J connectivity index is 1.82. The predicted octanol–water partition coefficient (Wildman–Crippen LogP) is 2.15. The highest BCUT2D eigenvalue weighted by atomic mass is 19.1. The summed E-state index contributed by atoms with van der Waals surface area (Å²) >= 11 is 0. The van der Waals surface area contributed by atoms with E-state index in [9.17, 15) is 9.18 Å². The van der Waals surface area contributed by atoms with Gasteiger partial charge >= 0.3 is 0 Å². The zero-order valence-electron chi connectivity index (χ0n) is 11.1. The fourth-order valence-electron chi connectivity index (χ4n) is 2.70. The Morgan fingerprint density at radius 2 is 1.89 bits per heavy atom. The van der Waals surface area contributed by atoms with E-state index in [0.29, 0.717) is 19.4 Å². The molecule has 1 amide bonds. The summed E-state index contributed by atoms with van der Waals surface area (Å²) in [5.41, 5.74) is 6.58. The summed E-state index contributed by atoms with van der Waals surface area (Å²) in [5.74, 6) is -0.210. The zero-order chi connectivity index (χ0) is 13.7. The van der Waals surface area contributed by atoms with Gasteiger partial charge in [0.25, 0.3) is 0 Å². The topological polar surface area (TPSA) is 55.1 Å². The lowest BCUT2D eigenvalue weighted by molar-refractivity contribution is -0.122. The first-order valence-electron chi connectivity index (χ1n) is 6.89.